The van der Waals surface area contributed by atoms with E-state index < -0.39 is 0 Å². The van der Waals surface area contributed by atoms with E-state index in [1.165, 1.54) is 19.5 Å². The van der Waals surface area contributed by atoms with Crippen LogP contribution in [0.4, 0.5) is 0 Å². The minimum Gasteiger partial charge on any atom is -0.316 e. The predicted molar refractivity (Wildman–Crippen MR) is 39.4 cm³/mol. The summed E-state index contributed by atoms with van der Waals surface area (Å²) in [6, 6.07) is 0. The van der Waals surface area contributed by atoms with Crippen molar-refractivity contribution in [3.63, 3.8) is 0 Å². The molecule has 1 atom stereocenters. The topological polar surface area (TPSA) is 12.0 Å². The van der Waals surface area contributed by atoms with Crippen molar-refractivity contribution in [2.45, 2.75) is 18.6 Å². The van der Waals surface area contributed by atoms with E-state index in [2.05, 4.69) is 24.9 Å². The van der Waals surface area contributed by atoms with Crippen molar-refractivity contribution in [3.8, 4) is 0 Å². The van der Waals surface area contributed by atoms with Crippen molar-refractivity contribution in [1.29, 1.82) is 0 Å². The number of hydrogen-bond donors (Lipinski definition) is 2. The number of thiol groups is 1. The van der Waals surface area contributed by atoms with Gasteiger partial charge in [-0.25, -0.2) is 0 Å². The third-order valence-corrected chi connectivity index (χ3v) is 1.75. The minimum absolute atomic E-state index is 0.585. The van der Waals surface area contributed by atoms with Gasteiger partial charge in [0, 0.05) is 0 Å². The largest absolute Gasteiger partial charge is 0.316 e. The van der Waals surface area contributed by atoms with Gasteiger partial charge in [0.25, 0.3) is 0 Å². The minimum atomic E-state index is 0.585. The molecule has 1 rings (SSSR count). The number of rotatable bonds is 2. The Hall–Kier alpha value is 0.310. The Morgan fingerprint density at radius 3 is 2.50 bits per heavy atom. The lowest BCUT2D eigenvalue weighted by atomic mass is 9.98. The molecule has 0 aromatic carbocycles. The molecule has 0 bridgehead atoms. The predicted octanol–water partition coefficient (Wildman–Crippen LogP) is 0.914. The molecular formula is C6H13NS. The zero-order valence-electron chi connectivity index (χ0n) is 5.22. The fraction of sp³-hybridized carbons (Fsp3) is 1.00. The highest BCUT2D eigenvalue weighted by Gasteiger charge is 2.17. The average molecular weight is 131 g/mol. The standard InChI is InChI=1S/C6H13NS/c1-5(8)2-6-3-7-4-6/h5-8H,2-4H2,1H3. The molecule has 1 heterocycles. The molecule has 1 fully saturated rings. The molecule has 0 saturated carbocycles. The van der Waals surface area contributed by atoms with Crippen LogP contribution in [0.3, 0.4) is 0 Å². The van der Waals surface area contributed by atoms with E-state index in [0.717, 1.165) is 5.92 Å². The van der Waals surface area contributed by atoms with Crippen LogP contribution in [0.15, 0.2) is 0 Å². The lowest BCUT2D eigenvalue weighted by molar-refractivity contribution is 0.328. The highest BCUT2D eigenvalue weighted by atomic mass is 32.1. The lowest BCUT2D eigenvalue weighted by Crippen LogP contribution is -2.42. The fourth-order valence-electron chi connectivity index (χ4n) is 0.998. The first-order valence-electron chi connectivity index (χ1n) is 3.18. The van der Waals surface area contributed by atoms with Gasteiger partial charge in [-0.1, -0.05) is 6.92 Å². The molecule has 0 amide bonds. The summed E-state index contributed by atoms with van der Waals surface area (Å²) < 4.78 is 0. The zero-order valence-corrected chi connectivity index (χ0v) is 6.12. The molecule has 1 saturated heterocycles. The van der Waals surface area contributed by atoms with Crippen molar-refractivity contribution >= 4 is 12.6 Å². The first kappa shape index (κ1) is 6.43. The van der Waals surface area contributed by atoms with Crippen molar-refractivity contribution in [2.24, 2.45) is 5.92 Å². The maximum Gasteiger partial charge on any atom is -0.000786 e. The molecule has 1 N–H and O–H groups in total. The first-order chi connectivity index (χ1) is 3.79. The van der Waals surface area contributed by atoms with Gasteiger partial charge in [-0.2, -0.15) is 12.6 Å². The van der Waals surface area contributed by atoms with Gasteiger partial charge in [-0.15, -0.1) is 0 Å². The summed E-state index contributed by atoms with van der Waals surface area (Å²) in [5.74, 6) is 0.919. The Labute approximate surface area is 56.3 Å². The van der Waals surface area contributed by atoms with Gasteiger partial charge < -0.3 is 5.32 Å². The second-order valence-electron chi connectivity index (χ2n) is 2.61. The van der Waals surface area contributed by atoms with Crippen molar-refractivity contribution in [3.05, 3.63) is 0 Å². The molecule has 1 aliphatic rings. The van der Waals surface area contributed by atoms with Gasteiger partial charge in [0.1, 0.15) is 0 Å². The van der Waals surface area contributed by atoms with Crippen LogP contribution in [-0.2, 0) is 0 Å². The van der Waals surface area contributed by atoms with Gasteiger partial charge in [0.2, 0.25) is 0 Å². The van der Waals surface area contributed by atoms with E-state index in [1.54, 1.807) is 0 Å². The van der Waals surface area contributed by atoms with Gasteiger partial charge in [-0.3, -0.25) is 0 Å². The van der Waals surface area contributed by atoms with Crippen molar-refractivity contribution in [2.75, 3.05) is 13.1 Å². The van der Waals surface area contributed by atoms with Gasteiger partial charge in [0.15, 0.2) is 0 Å². The summed E-state index contributed by atoms with van der Waals surface area (Å²) >= 11 is 4.30. The van der Waals surface area contributed by atoms with Gasteiger partial charge in [-0.05, 0) is 30.7 Å². The van der Waals surface area contributed by atoms with Crippen LogP contribution in [0.1, 0.15) is 13.3 Å². The Balaban J connectivity index is 2.01. The fourth-order valence-corrected chi connectivity index (χ4v) is 1.30. The summed E-state index contributed by atoms with van der Waals surface area (Å²) in [5.41, 5.74) is 0. The van der Waals surface area contributed by atoms with E-state index in [4.69, 9.17) is 0 Å². The highest BCUT2D eigenvalue weighted by molar-refractivity contribution is 7.80. The molecule has 2 heteroatoms. The van der Waals surface area contributed by atoms with Crippen LogP contribution in [0, 0.1) is 5.92 Å². The summed E-state index contributed by atoms with van der Waals surface area (Å²) in [5, 5.41) is 3.82. The van der Waals surface area contributed by atoms with E-state index in [0.29, 0.717) is 5.25 Å². The molecular weight excluding hydrogens is 118 g/mol. The molecule has 8 heavy (non-hydrogen) atoms. The Bertz CT molecular complexity index is 68.9. The molecule has 0 radical (unpaired) electrons. The first-order valence-corrected chi connectivity index (χ1v) is 3.69. The van der Waals surface area contributed by atoms with Crippen molar-refractivity contribution < 1.29 is 0 Å². The summed E-state index contributed by atoms with van der Waals surface area (Å²) in [6.07, 6.45) is 1.27. The molecule has 1 aliphatic heterocycles. The van der Waals surface area contributed by atoms with E-state index in [9.17, 15) is 0 Å². The monoisotopic (exact) mass is 131 g/mol. The van der Waals surface area contributed by atoms with Crippen LogP contribution in [0.2, 0.25) is 0 Å². The molecule has 0 aromatic heterocycles. The van der Waals surface area contributed by atoms with E-state index in [-0.39, 0.29) is 0 Å². The number of nitrogens with one attached hydrogen (secondary N) is 1. The summed E-state index contributed by atoms with van der Waals surface area (Å²) in [7, 11) is 0. The highest BCUT2D eigenvalue weighted by Crippen LogP contribution is 2.13. The second-order valence-corrected chi connectivity index (χ2v) is 3.49. The molecule has 1 unspecified atom stereocenters. The third-order valence-electron chi connectivity index (χ3n) is 1.54. The molecule has 1 nitrogen and oxygen atoms in total. The maximum atomic E-state index is 4.30. The second kappa shape index (κ2) is 2.74. The van der Waals surface area contributed by atoms with Crippen LogP contribution in [-0.4, -0.2) is 18.3 Å². The Morgan fingerprint density at radius 1 is 1.75 bits per heavy atom. The molecule has 0 aliphatic carbocycles. The summed E-state index contributed by atoms with van der Waals surface area (Å²) in [6.45, 7) is 4.58. The lowest BCUT2D eigenvalue weighted by Gasteiger charge is -2.27. The quantitative estimate of drug-likeness (QED) is 0.531. The third kappa shape index (κ3) is 1.67. The maximum absolute atomic E-state index is 4.30. The van der Waals surface area contributed by atoms with Gasteiger partial charge in [0.05, 0.1) is 0 Å². The van der Waals surface area contributed by atoms with E-state index >= 15 is 0 Å². The smallest absolute Gasteiger partial charge is 0.000786 e. The molecule has 0 aromatic rings. The summed E-state index contributed by atoms with van der Waals surface area (Å²) in [4.78, 5) is 0. The van der Waals surface area contributed by atoms with E-state index in [1.807, 2.05) is 0 Å². The SMILES string of the molecule is CC(S)CC1CNC1. The Morgan fingerprint density at radius 2 is 2.38 bits per heavy atom. The van der Waals surface area contributed by atoms with Gasteiger partial charge >= 0.3 is 0 Å². The zero-order chi connectivity index (χ0) is 5.98. The Kier molecular flexibility index (Phi) is 2.20. The molecule has 0 spiro atoms. The van der Waals surface area contributed by atoms with Crippen LogP contribution in [0.5, 0.6) is 0 Å². The van der Waals surface area contributed by atoms with Crippen LogP contribution >= 0.6 is 12.6 Å². The molecule has 48 valence electrons. The van der Waals surface area contributed by atoms with Crippen molar-refractivity contribution in [1.82, 2.24) is 5.32 Å². The average Bonchev–Trinajstić information content (AvgIpc) is 1.55. The normalized spacial score (nSPS) is 24.8. The van der Waals surface area contributed by atoms with Crippen LogP contribution in [0.25, 0.3) is 0 Å². The number of hydrogen-bond acceptors (Lipinski definition) is 2. The van der Waals surface area contributed by atoms with Crippen LogP contribution < -0.4 is 5.32 Å².